The third-order valence-electron chi connectivity index (χ3n) is 6.42. The molecule has 1 N–H and O–H groups in total. The van der Waals surface area contributed by atoms with Crippen molar-refractivity contribution >= 4 is 17.2 Å². The van der Waals surface area contributed by atoms with E-state index in [-0.39, 0.29) is 5.78 Å². The van der Waals surface area contributed by atoms with Crippen molar-refractivity contribution in [2.24, 2.45) is 0 Å². The largest absolute Gasteiger partial charge is 0.378 e. The lowest BCUT2D eigenvalue weighted by molar-refractivity contribution is 0.100. The third kappa shape index (κ3) is 4.35. The summed E-state index contributed by atoms with van der Waals surface area (Å²) in [6, 6.07) is 10.9. The normalized spacial score (nSPS) is 18.1. The van der Waals surface area contributed by atoms with Crippen LogP contribution in [0.3, 0.4) is 0 Å². The summed E-state index contributed by atoms with van der Waals surface area (Å²) in [5.41, 5.74) is 5.37. The molecule has 0 bridgehead atoms. The first-order chi connectivity index (χ1) is 14.1. The minimum absolute atomic E-state index is 0.164. The van der Waals surface area contributed by atoms with E-state index in [0.29, 0.717) is 12.6 Å². The molecule has 2 fully saturated rings. The molecule has 156 valence electrons. The molecule has 1 saturated heterocycles. The van der Waals surface area contributed by atoms with Crippen LogP contribution in [0.4, 0.5) is 11.4 Å². The highest BCUT2D eigenvalue weighted by Gasteiger charge is 2.23. The van der Waals surface area contributed by atoms with E-state index in [4.69, 9.17) is 4.74 Å². The Kier molecular flexibility index (Phi) is 6.24. The van der Waals surface area contributed by atoms with Crippen LogP contribution in [0.1, 0.15) is 59.9 Å². The Labute approximate surface area is 174 Å². The van der Waals surface area contributed by atoms with Gasteiger partial charge in [0.15, 0.2) is 5.78 Å². The zero-order valence-corrected chi connectivity index (χ0v) is 17.7. The predicted molar refractivity (Wildman–Crippen MR) is 118 cm³/mol. The first-order valence-corrected chi connectivity index (χ1v) is 11.0. The van der Waals surface area contributed by atoms with Gasteiger partial charge in [0.2, 0.25) is 0 Å². The summed E-state index contributed by atoms with van der Waals surface area (Å²) in [6.07, 6.45) is 6.40. The first kappa shape index (κ1) is 20.0. The number of anilines is 2. The summed E-state index contributed by atoms with van der Waals surface area (Å²) in [5.74, 6) is 0.164. The lowest BCUT2D eigenvalue weighted by atomic mass is 9.95. The Balaban J connectivity index is 1.47. The van der Waals surface area contributed by atoms with E-state index in [2.05, 4.69) is 52.9 Å². The van der Waals surface area contributed by atoms with Crippen molar-refractivity contribution in [2.75, 3.05) is 43.1 Å². The highest BCUT2D eigenvalue weighted by molar-refractivity contribution is 6.00. The number of nitrogens with zero attached hydrogens (tertiary/aromatic N) is 2. The topological polar surface area (TPSA) is 46.5 Å². The standard InChI is InChI=1S/C24H33N3O2/c1-18-16-21(19(2)27(18)20-8-4-3-5-9-20)24(28)17-25-22-10-6-7-11-23(22)26-12-14-29-15-13-26/h6-7,10-11,16,20,25H,3-5,8-9,12-15,17H2,1-2H3. The highest BCUT2D eigenvalue weighted by atomic mass is 16.5. The molecule has 2 heterocycles. The molecular weight excluding hydrogens is 362 g/mol. The van der Waals surface area contributed by atoms with Crippen LogP contribution in [0.5, 0.6) is 0 Å². The molecule has 1 aliphatic carbocycles. The van der Waals surface area contributed by atoms with E-state index in [1.165, 1.54) is 37.8 Å². The molecule has 0 radical (unpaired) electrons. The second-order valence-corrected chi connectivity index (χ2v) is 8.34. The van der Waals surface area contributed by atoms with Crippen molar-refractivity contribution in [3.05, 3.63) is 47.3 Å². The zero-order chi connectivity index (χ0) is 20.2. The maximum absolute atomic E-state index is 13.1. The molecule has 29 heavy (non-hydrogen) atoms. The fourth-order valence-corrected chi connectivity index (χ4v) is 4.93. The smallest absolute Gasteiger partial charge is 0.183 e. The average Bonchev–Trinajstić information content (AvgIpc) is 3.07. The molecule has 1 aromatic carbocycles. The molecule has 5 nitrogen and oxygen atoms in total. The number of carbonyl (C=O) groups excluding carboxylic acids is 1. The van der Waals surface area contributed by atoms with Crippen LogP contribution in [-0.2, 0) is 4.74 Å². The Morgan fingerprint density at radius 3 is 2.59 bits per heavy atom. The summed E-state index contributed by atoms with van der Waals surface area (Å²) in [7, 11) is 0. The Morgan fingerprint density at radius 1 is 1.10 bits per heavy atom. The molecule has 0 atom stereocenters. The number of Topliss-reactive ketones (excluding diaryl/α,β-unsaturated/α-hetero) is 1. The van der Waals surface area contributed by atoms with Gasteiger partial charge in [-0.15, -0.1) is 0 Å². The van der Waals surface area contributed by atoms with E-state index in [1.807, 2.05) is 6.07 Å². The van der Waals surface area contributed by atoms with Gasteiger partial charge in [0, 0.05) is 36.1 Å². The van der Waals surface area contributed by atoms with Crippen molar-refractivity contribution in [3.8, 4) is 0 Å². The van der Waals surface area contributed by atoms with Crippen LogP contribution in [0.15, 0.2) is 30.3 Å². The van der Waals surface area contributed by atoms with E-state index in [9.17, 15) is 4.79 Å². The minimum atomic E-state index is 0.164. The Bertz CT molecular complexity index is 846. The van der Waals surface area contributed by atoms with Crippen LogP contribution in [0.2, 0.25) is 0 Å². The highest BCUT2D eigenvalue weighted by Crippen LogP contribution is 2.32. The van der Waals surface area contributed by atoms with Crippen LogP contribution in [0.25, 0.3) is 0 Å². The number of para-hydroxylation sites is 2. The summed E-state index contributed by atoms with van der Waals surface area (Å²) in [4.78, 5) is 15.4. The Morgan fingerprint density at radius 2 is 1.83 bits per heavy atom. The number of benzene rings is 1. The van der Waals surface area contributed by atoms with Gasteiger partial charge < -0.3 is 19.5 Å². The molecule has 1 saturated carbocycles. The molecule has 4 rings (SSSR count). The molecule has 0 spiro atoms. The first-order valence-electron chi connectivity index (χ1n) is 11.0. The number of aryl methyl sites for hydroxylation is 1. The van der Waals surface area contributed by atoms with Gasteiger partial charge in [-0.25, -0.2) is 0 Å². The van der Waals surface area contributed by atoms with Gasteiger partial charge in [-0.3, -0.25) is 4.79 Å². The van der Waals surface area contributed by atoms with Crippen molar-refractivity contribution in [1.29, 1.82) is 0 Å². The summed E-state index contributed by atoms with van der Waals surface area (Å²) < 4.78 is 7.89. The van der Waals surface area contributed by atoms with Gasteiger partial charge in [-0.05, 0) is 44.9 Å². The second kappa shape index (κ2) is 9.04. The van der Waals surface area contributed by atoms with Gasteiger partial charge >= 0.3 is 0 Å². The number of hydrogen-bond acceptors (Lipinski definition) is 4. The SMILES string of the molecule is Cc1cc(C(=O)CNc2ccccc2N2CCOCC2)c(C)n1C1CCCCC1. The van der Waals surface area contributed by atoms with Crippen molar-refractivity contribution in [1.82, 2.24) is 4.57 Å². The summed E-state index contributed by atoms with van der Waals surface area (Å²) in [6.45, 7) is 7.83. The van der Waals surface area contributed by atoms with E-state index >= 15 is 0 Å². The Hall–Kier alpha value is -2.27. The predicted octanol–water partition coefficient (Wildman–Crippen LogP) is 4.74. The monoisotopic (exact) mass is 395 g/mol. The average molecular weight is 396 g/mol. The number of hydrogen-bond donors (Lipinski definition) is 1. The molecule has 1 aliphatic heterocycles. The molecule has 1 aromatic heterocycles. The minimum Gasteiger partial charge on any atom is -0.378 e. The number of morpholine rings is 1. The molecule has 2 aliphatic rings. The molecule has 5 heteroatoms. The van der Waals surface area contributed by atoms with Gasteiger partial charge in [0.25, 0.3) is 0 Å². The number of ketones is 1. The fraction of sp³-hybridized carbons (Fsp3) is 0.542. The lowest BCUT2D eigenvalue weighted by Crippen LogP contribution is -2.36. The van der Waals surface area contributed by atoms with Crippen LogP contribution in [0, 0.1) is 13.8 Å². The number of carbonyl (C=O) groups is 1. The van der Waals surface area contributed by atoms with Crippen molar-refractivity contribution < 1.29 is 9.53 Å². The summed E-state index contributed by atoms with van der Waals surface area (Å²) >= 11 is 0. The van der Waals surface area contributed by atoms with Crippen LogP contribution in [-0.4, -0.2) is 43.2 Å². The second-order valence-electron chi connectivity index (χ2n) is 8.34. The summed E-state index contributed by atoms with van der Waals surface area (Å²) in [5, 5.41) is 3.40. The van der Waals surface area contributed by atoms with Gasteiger partial charge in [-0.2, -0.15) is 0 Å². The van der Waals surface area contributed by atoms with Crippen LogP contribution >= 0.6 is 0 Å². The number of ether oxygens (including phenoxy) is 1. The number of nitrogens with one attached hydrogen (secondary N) is 1. The third-order valence-corrected chi connectivity index (χ3v) is 6.42. The van der Waals surface area contributed by atoms with Crippen molar-refractivity contribution in [2.45, 2.75) is 52.0 Å². The van der Waals surface area contributed by atoms with E-state index in [0.717, 1.165) is 48.9 Å². The fourth-order valence-electron chi connectivity index (χ4n) is 4.93. The maximum Gasteiger partial charge on any atom is 0.183 e. The zero-order valence-electron chi connectivity index (χ0n) is 17.7. The lowest BCUT2D eigenvalue weighted by Gasteiger charge is -2.30. The van der Waals surface area contributed by atoms with Gasteiger partial charge in [0.1, 0.15) is 0 Å². The quantitative estimate of drug-likeness (QED) is 0.718. The van der Waals surface area contributed by atoms with Gasteiger partial charge in [-0.1, -0.05) is 31.4 Å². The molecule has 2 aromatic rings. The molecular formula is C24H33N3O2. The maximum atomic E-state index is 13.1. The van der Waals surface area contributed by atoms with E-state index in [1.54, 1.807) is 0 Å². The molecule has 0 amide bonds. The number of rotatable bonds is 6. The van der Waals surface area contributed by atoms with E-state index < -0.39 is 0 Å². The van der Waals surface area contributed by atoms with Gasteiger partial charge in [0.05, 0.1) is 31.1 Å². The number of aromatic nitrogens is 1. The molecule has 0 unspecified atom stereocenters. The van der Waals surface area contributed by atoms with Crippen molar-refractivity contribution in [3.63, 3.8) is 0 Å². The van der Waals surface area contributed by atoms with Crippen LogP contribution < -0.4 is 10.2 Å².